The van der Waals surface area contributed by atoms with Crippen molar-refractivity contribution in [2.24, 2.45) is 39.9 Å². The van der Waals surface area contributed by atoms with Crippen molar-refractivity contribution < 1.29 is 19.7 Å². The second kappa shape index (κ2) is 5.69. The Bertz CT molecular complexity index is 562. The fourth-order valence-corrected chi connectivity index (χ4v) is 8.20. The quantitative estimate of drug-likeness (QED) is 0.751. The second-order valence-corrected chi connectivity index (χ2v) is 9.97. The fourth-order valence-electron chi connectivity index (χ4n) is 8.20. The van der Waals surface area contributed by atoms with Crippen LogP contribution >= 0.6 is 0 Å². The molecule has 5 rings (SSSR count). The molecule has 1 spiro atoms. The van der Waals surface area contributed by atoms with Gasteiger partial charge >= 0.3 is 5.97 Å². The van der Waals surface area contributed by atoms with E-state index in [-0.39, 0.29) is 40.8 Å². The number of carbonyl (C=O) groups is 1. The summed E-state index contributed by atoms with van der Waals surface area (Å²) in [6.07, 6.45) is 8.12. The number of aliphatic hydroxyl groups excluding tert-OH is 2. The summed E-state index contributed by atoms with van der Waals surface area (Å²) < 4.78 is 5.22. The molecule has 25 heavy (non-hydrogen) atoms. The SMILES string of the molecule is COC(=O)[C@]1(C)CCC[C@@]2(C)[C@@H]3C[C@@H]4CC[C@@]3(CC[C@@H]21)[C@H](O)[C@H]4CO. The molecule has 5 fully saturated rings. The maximum absolute atomic E-state index is 12.7. The van der Waals surface area contributed by atoms with E-state index in [0.717, 1.165) is 51.4 Å². The molecule has 0 radical (unpaired) electrons. The summed E-state index contributed by atoms with van der Waals surface area (Å²) in [6, 6.07) is 0. The van der Waals surface area contributed by atoms with E-state index in [2.05, 4.69) is 13.8 Å². The largest absolute Gasteiger partial charge is 0.469 e. The van der Waals surface area contributed by atoms with Crippen LogP contribution in [0.2, 0.25) is 0 Å². The third-order valence-corrected chi connectivity index (χ3v) is 9.35. The zero-order chi connectivity index (χ0) is 18.0. The summed E-state index contributed by atoms with van der Waals surface area (Å²) in [5, 5.41) is 21.0. The number of methoxy groups -OCH3 is 1. The molecule has 0 saturated heterocycles. The lowest BCUT2D eigenvalue weighted by Gasteiger charge is -2.69. The summed E-state index contributed by atoms with van der Waals surface area (Å²) >= 11 is 0. The molecule has 0 aliphatic heterocycles. The third kappa shape index (κ3) is 2.10. The maximum atomic E-state index is 12.7. The van der Waals surface area contributed by atoms with Gasteiger partial charge < -0.3 is 14.9 Å². The van der Waals surface area contributed by atoms with Crippen LogP contribution in [-0.4, -0.2) is 36.0 Å². The standard InChI is InChI=1S/C21H34O4/c1-19-7-4-8-20(2,18(24)25-3)15(19)6-10-21-9-5-13(11-16(19)21)14(12-22)17(21)23/h13-17,22-23H,4-12H2,1-3H3/t13-,14-,15-,16-,17+,19+,20+,21-/m0/s1. The molecule has 0 amide bonds. The van der Waals surface area contributed by atoms with Gasteiger partial charge in [-0.25, -0.2) is 0 Å². The van der Waals surface area contributed by atoms with Gasteiger partial charge in [0.25, 0.3) is 0 Å². The Morgan fingerprint density at radius 3 is 2.52 bits per heavy atom. The van der Waals surface area contributed by atoms with Crippen LogP contribution in [0, 0.1) is 39.9 Å². The van der Waals surface area contributed by atoms with Crippen LogP contribution in [0.5, 0.6) is 0 Å². The average molecular weight is 350 g/mol. The highest BCUT2D eigenvalue weighted by atomic mass is 16.5. The monoisotopic (exact) mass is 350 g/mol. The summed E-state index contributed by atoms with van der Waals surface area (Å²) in [5.41, 5.74) is -0.331. The van der Waals surface area contributed by atoms with Gasteiger partial charge in [-0.3, -0.25) is 4.79 Å². The van der Waals surface area contributed by atoms with E-state index >= 15 is 0 Å². The molecule has 0 unspecified atom stereocenters. The van der Waals surface area contributed by atoms with E-state index in [9.17, 15) is 15.0 Å². The minimum atomic E-state index is -0.388. The van der Waals surface area contributed by atoms with Crippen molar-refractivity contribution in [3.63, 3.8) is 0 Å². The minimum absolute atomic E-state index is 0.0399. The lowest BCUT2D eigenvalue weighted by atomic mass is 9.35. The van der Waals surface area contributed by atoms with E-state index in [0.29, 0.717) is 17.8 Å². The molecule has 2 N–H and O–H groups in total. The highest BCUT2D eigenvalue weighted by molar-refractivity contribution is 5.77. The van der Waals surface area contributed by atoms with Crippen molar-refractivity contribution in [1.29, 1.82) is 0 Å². The molecule has 8 atom stereocenters. The molecular weight excluding hydrogens is 316 g/mol. The molecule has 2 bridgehead atoms. The van der Waals surface area contributed by atoms with Crippen molar-refractivity contribution in [2.45, 2.75) is 71.3 Å². The molecule has 0 aromatic rings. The predicted molar refractivity (Wildman–Crippen MR) is 94.7 cm³/mol. The van der Waals surface area contributed by atoms with Crippen LogP contribution in [0.3, 0.4) is 0 Å². The fraction of sp³-hybridized carbons (Fsp3) is 0.952. The Balaban J connectivity index is 1.73. The van der Waals surface area contributed by atoms with Crippen LogP contribution in [0.4, 0.5) is 0 Å². The normalized spacial score (nSPS) is 54.5. The van der Waals surface area contributed by atoms with Gasteiger partial charge in [-0.15, -0.1) is 0 Å². The number of rotatable bonds is 2. The van der Waals surface area contributed by atoms with Crippen LogP contribution in [-0.2, 0) is 9.53 Å². The molecule has 4 heteroatoms. The molecule has 5 aliphatic rings. The lowest BCUT2D eigenvalue weighted by Crippen LogP contribution is -2.67. The first kappa shape index (κ1) is 17.8. The van der Waals surface area contributed by atoms with Crippen molar-refractivity contribution >= 4 is 5.97 Å². The topological polar surface area (TPSA) is 66.8 Å². The van der Waals surface area contributed by atoms with Gasteiger partial charge in [0.05, 0.1) is 18.6 Å². The van der Waals surface area contributed by atoms with Gasteiger partial charge in [-0.2, -0.15) is 0 Å². The third-order valence-electron chi connectivity index (χ3n) is 9.35. The minimum Gasteiger partial charge on any atom is -0.469 e. The van der Waals surface area contributed by atoms with E-state index < -0.39 is 0 Å². The average Bonchev–Trinajstić information content (AvgIpc) is 2.61. The molecule has 142 valence electrons. The Hall–Kier alpha value is -0.610. The molecule has 0 aromatic carbocycles. The van der Waals surface area contributed by atoms with Gasteiger partial charge in [0.15, 0.2) is 0 Å². The van der Waals surface area contributed by atoms with Gasteiger partial charge in [0.2, 0.25) is 0 Å². The number of hydrogen-bond acceptors (Lipinski definition) is 4. The summed E-state index contributed by atoms with van der Waals surface area (Å²) in [7, 11) is 1.52. The number of esters is 1. The molecule has 5 saturated carbocycles. The molecular formula is C21H34O4. The number of fused-ring (bicyclic) bond motifs is 3. The highest BCUT2D eigenvalue weighted by Gasteiger charge is 2.68. The second-order valence-electron chi connectivity index (χ2n) is 9.97. The summed E-state index contributed by atoms with van der Waals surface area (Å²) in [6.45, 7) is 4.62. The number of ether oxygens (including phenoxy) is 1. The van der Waals surface area contributed by atoms with Crippen molar-refractivity contribution in [3.05, 3.63) is 0 Å². The van der Waals surface area contributed by atoms with Gasteiger partial charge in [0.1, 0.15) is 0 Å². The highest BCUT2D eigenvalue weighted by Crippen LogP contribution is 2.72. The zero-order valence-corrected chi connectivity index (χ0v) is 16.0. The molecule has 5 aliphatic carbocycles. The van der Waals surface area contributed by atoms with E-state index in [1.807, 2.05) is 0 Å². The Labute approximate surface area is 151 Å². The van der Waals surface area contributed by atoms with Gasteiger partial charge in [0, 0.05) is 17.9 Å². The lowest BCUT2D eigenvalue weighted by molar-refractivity contribution is -0.248. The van der Waals surface area contributed by atoms with Gasteiger partial charge in [-0.1, -0.05) is 13.3 Å². The number of carbonyl (C=O) groups excluding carboxylic acids is 1. The van der Waals surface area contributed by atoms with Crippen LogP contribution in [0.25, 0.3) is 0 Å². The van der Waals surface area contributed by atoms with Crippen molar-refractivity contribution in [1.82, 2.24) is 0 Å². The first-order chi connectivity index (χ1) is 11.8. The first-order valence-electron chi connectivity index (χ1n) is 10.2. The summed E-state index contributed by atoms with van der Waals surface area (Å²) in [4.78, 5) is 12.7. The molecule has 4 nitrogen and oxygen atoms in total. The first-order valence-corrected chi connectivity index (χ1v) is 10.2. The molecule has 0 heterocycles. The van der Waals surface area contributed by atoms with Crippen molar-refractivity contribution in [3.8, 4) is 0 Å². The molecule has 0 aromatic heterocycles. The maximum Gasteiger partial charge on any atom is 0.311 e. The summed E-state index contributed by atoms with van der Waals surface area (Å²) in [5.74, 6) is 1.26. The number of hydrogen-bond donors (Lipinski definition) is 2. The zero-order valence-electron chi connectivity index (χ0n) is 16.0. The predicted octanol–water partition coefficient (Wildman–Crippen LogP) is 3.15. The van der Waals surface area contributed by atoms with Crippen LogP contribution < -0.4 is 0 Å². The smallest absolute Gasteiger partial charge is 0.311 e. The van der Waals surface area contributed by atoms with E-state index in [1.54, 1.807) is 0 Å². The Morgan fingerprint density at radius 2 is 1.84 bits per heavy atom. The number of aliphatic hydroxyl groups is 2. The Kier molecular flexibility index (Phi) is 4.05. The Morgan fingerprint density at radius 1 is 1.12 bits per heavy atom. The van der Waals surface area contributed by atoms with Crippen LogP contribution in [0.1, 0.15) is 65.2 Å². The van der Waals surface area contributed by atoms with Crippen LogP contribution in [0.15, 0.2) is 0 Å². The van der Waals surface area contributed by atoms with Crippen molar-refractivity contribution in [2.75, 3.05) is 13.7 Å². The van der Waals surface area contributed by atoms with Gasteiger partial charge in [-0.05, 0) is 75.0 Å². The van der Waals surface area contributed by atoms with E-state index in [4.69, 9.17) is 4.74 Å². The van der Waals surface area contributed by atoms with E-state index in [1.165, 1.54) is 7.11 Å².